The molecule has 0 aliphatic heterocycles. The zero-order valence-corrected chi connectivity index (χ0v) is 28.3. The monoisotopic (exact) mass is 914 g/mol. The Balaban J connectivity index is -0.0000000400. The number of nitrogens with two attached hydrogens (primary N) is 2. The minimum absolute atomic E-state index is 0. The Morgan fingerprint density at radius 3 is 0.705 bits per heavy atom. The van der Waals surface area contributed by atoms with Gasteiger partial charge in [0.1, 0.15) is 0 Å². The molecule has 0 aromatic rings. The van der Waals surface area contributed by atoms with Gasteiger partial charge in [-0.25, -0.2) is 0 Å². The van der Waals surface area contributed by atoms with E-state index >= 15 is 0 Å². The van der Waals surface area contributed by atoms with Crippen molar-refractivity contribution in [1.82, 2.24) is 0 Å². The van der Waals surface area contributed by atoms with Crippen LogP contribution >= 0.6 is 0 Å². The number of alkyl halides is 6. The summed E-state index contributed by atoms with van der Waals surface area (Å²) in [6.07, 6.45) is 0. The summed E-state index contributed by atoms with van der Waals surface area (Å²) >= 11 is 9.56. The summed E-state index contributed by atoms with van der Waals surface area (Å²) in [5.41, 5.74) is -0.690. The van der Waals surface area contributed by atoms with Gasteiger partial charge < -0.3 is 46.9 Å². The van der Waals surface area contributed by atoms with Crippen molar-refractivity contribution in [1.29, 1.82) is 0 Å². The molecule has 0 saturated heterocycles. The second-order valence-electron chi connectivity index (χ2n) is 6.68. The third-order valence-electron chi connectivity index (χ3n) is 2.62. The Labute approximate surface area is 284 Å². The van der Waals surface area contributed by atoms with Crippen LogP contribution < -0.4 is 11.5 Å². The van der Waals surface area contributed by atoms with Gasteiger partial charge in [-0.15, -0.1) is 9.49 Å². The summed E-state index contributed by atoms with van der Waals surface area (Å²) in [4.78, 5) is 20.3. The normalized spacial score (nSPS) is 11.5. The molecule has 0 bridgehead atoms. The number of hydrogen-bond acceptors (Lipinski definition) is 10. The number of carboxylic acids is 2. The van der Waals surface area contributed by atoms with Crippen LogP contribution in [-0.4, -0.2) is 80.7 Å². The molecule has 0 aromatic heterocycles. The van der Waals surface area contributed by atoms with Gasteiger partial charge in [0.05, 0.1) is 12.1 Å². The first kappa shape index (κ1) is 69.8. The molecule has 266 valence electrons. The molecule has 2 atom stereocenters. The van der Waals surface area contributed by atoms with Crippen molar-refractivity contribution in [2.45, 2.75) is 60.3 Å². The van der Waals surface area contributed by atoms with E-state index in [1.165, 1.54) is 0 Å². The predicted octanol–water partition coefficient (Wildman–Crippen LogP) is 0.0806. The molecule has 44 heavy (non-hydrogen) atoms. The third-order valence-corrected chi connectivity index (χ3v) is 4.29. The second kappa shape index (κ2) is 32.1. The van der Waals surface area contributed by atoms with Gasteiger partial charge in [-0.2, -0.15) is 43.2 Å². The first-order chi connectivity index (χ1) is 18.2. The van der Waals surface area contributed by atoms with Gasteiger partial charge in [0.2, 0.25) is 0 Å². The number of halogens is 6. The van der Waals surface area contributed by atoms with Crippen LogP contribution in [0.3, 0.4) is 0 Å². The van der Waals surface area contributed by atoms with Crippen molar-refractivity contribution in [2.24, 2.45) is 11.5 Å². The molecule has 0 aliphatic carbocycles. The summed E-state index contributed by atoms with van der Waals surface area (Å²) < 4.78 is 144. The molecular formula is C16H22F6N2O14Rh2S4-2. The molecule has 8 N–H and O–H groups in total. The molecule has 2 radical (unpaired) electrons. The molecule has 0 fully saturated rings. The van der Waals surface area contributed by atoms with Crippen LogP contribution in [0.2, 0.25) is 0 Å². The quantitative estimate of drug-likeness (QED) is 0.0414. The molecule has 0 spiro atoms. The molecule has 0 rings (SSSR count). The van der Waals surface area contributed by atoms with Gasteiger partial charge in [0.15, 0.2) is 0 Å². The van der Waals surface area contributed by atoms with E-state index in [0.29, 0.717) is 0 Å². The van der Waals surface area contributed by atoms with E-state index in [2.05, 4.69) is 26.6 Å². The smallest absolute Gasteiger partial charge is 0 e. The fourth-order valence-corrected chi connectivity index (χ4v) is 0.796. The molecule has 0 saturated carbocycles. The molecule has 0 amide bonds. The first-order valence-electron chi connectivity index (χ1n) is 8.48. The molecule has 28 heteroatoms. The molecular weight excluding hydrogens is 892 g/mol. The van der Waals surface area contributed by atoms with Crippen molar-refractivity contribution >= 4 is 57.4 Å². The Morgan fingerprint density at radius 1 is 0.614 bits per heavy atom. The predicted molar refractivity (Wildman–Crippen MR) is 125 cm³/mol. The van der Waals surface area contributed by atoms with Crippen LogP contribution in [0.15, 0.2) is 0 Å². The van der Waals surface area contributed by atoms with Crippen LogP contribution in [-0.2, 0) is 113 Å². The number of rotatable bonds is 4. The Morgan fingerprint density at radius 2 is 0.705 bits per heavy atom. The summed E-state index contributed by atoms with van der Waals surface area (Å²) in [7, 11) is -11.7. The van der Waals surface area contributed by atoms with E-state index in [-0.39, 0.29) is 39.0 Å². The van der Waals surface area contributed by atoms with Crippen LogP contribution in [0.5, 0.6) is 0 Å². The number of carbonyl (C=O) groups is 2. The van der Waals surface area contributed by atoms with Crippen LogP contribution in [0, 0.1) is 26.6 Å². The Kier molecular flexibility index (Phi) is 50.9. The van der Waals surface area contributed by atoms with Gasteiger partial charge >= 0.3 is 88.4 Å². The largest absolute Gasteiger partial charge is 0 e. The maximum Gasteiger partial charge on any atom is 0 e. The second-order valence-corrected chi connectivity index (χ2v) is 11.6. The molecule has 0 heterocycles. The van der Waals surface area contributed by atoms with Gasteiger partial charge in [-0.3, -0.25) is 18.7 Å². The fraction of sp³-hybridized carbons (Fsp3) is 0.625. The molecule has 0 aliphatic rings. The van der Waals surface area contributed by atoms with Crippen LogP contribution in [0.1, 0.15) is 27.7 Å². The number of aliphatic carboxylic acids is 2. The topological polar surface area (TPSA) is 315 Å². The van der Waals surface area contributed by atoms with Crippen molar-refractivity contribution in [3.8, 4) is 0 Å². The maximum absolute atomic E-state index is 10.7. The van der Waals surface area contributed by atoms with Gasteiger partial charge in [-0.05, 0) is 0 Å². The van der Waals surface area contributed by atoms with Crippen molar-refractivity contribution in [3.63, 3.8) is 0 Å². The van der Waals surface area contributed by atoms with E-state index in [1.807, 2.05) is 0 Å². The zero-order valence-electron chi connectivity index (χ0n) is 21.7. The summed E-state index contributed by atoms with van der Waals surface area (Å²) in [5, 5.41) is 16.7. The number of carboxylic acid groups (broad SMARTS) is 2. The summed E-state index contributed by atoms with van der Waals surface area (Å²) in [6, 6.07) is -1.90. The van der Waals surface area contributed by atoms with E-state index < -0.39 is 64.8 Å². The molecule has 16 nitrogen and oxygen atoms in total. The van der Waals surface area contributed by atoms with E-state index in [0.717, 1.165) is 0 Å². The minimum Gasteiger partial charge on any atom is 0 e. The SMILES string of the molecule is CC(C)([S-])C(N)C(=O)O.CC(C)([S-])C(N)C(=O)O.O=S(=O)(O)C(F)(F)F.O=S(=O)(O)C(F)(F)F.[C-]#[O+].[C-]#[O+].[C-]#[O+].[C-]#[O+].[Rh].[Rh]. The molecule has 2 unspecified atom stereocenters. The van der Waals surface area contributed by atoms with Gasteiger partial charge in [0.25, 0.3) is 0 Å². The van der Waals surface area contributed by atoms with Crippen LogP contribution in [0.25, 0.3) is 0 Å². The summed E-state index contributed by atoms with van der Waals surface area (Å²) in [6.45, 7) is 24.4. The van der Waals surface area contributed by atoms with E-state index in [9.17, 15) is 35.9 Å². The van der Waals surface area contributed by atoms with Crippen LogP contribution in [0.4, 0.5) is 26.3 Å². The maximum atomic E-state index is 10.7. The average molecular weight is 914 g/mol. The third kappa shape index (κ3) is 48.1. The molecule has 0 aromatic carbocycles. The zero-order chi connectivity index (χ0) is 37.3. The standard InChI is InChI=1S/2C5H11NO2S.2CHF3O3S.4CO.2Rh/c2*1-5(2,9)3(6)4(7)8;2*2-1(3,4)8(5,6)7;4*1-2;;/h2*3,9H,6H2,1-2H3,(H,7,8);2*(H,5,6,7);;;;;;/p-2. The van der Waals surface area contributed by atoms with Crippen molar-refractivity contribution < 1.29 is 130 Å². The Bertz CT molecular complexity index is 956. The fourth-order valence-electron chi connectivity index (χ4n) is 0.595. The van der Waals surface area contributed by atoms with Crippen molar-refractivity contribution in [3.05, 3.63) is 26.6 Å². The average Bonchev–Trinajstić information content (AvgIpc) is 2.80. The summed E-state index contributed by atoms with van der Waals surface area (Å²) in [5.74, 6) is -2.09. The minimum atomic E-state index is -5.84. The first-order valence-corrected chi connectivity index (χ1v) is 12.2. The van der Waals surface area contributed by atoms with Gasteiger partial charge in [0, 0.05) is 39.0 Å². The van der Waals surface area contributed by atoms with Crippen molar-refractivity contribution in [2.75, 3.05) is 0 Å². The Hall–Kier alpha value is -0.833. The van der Waals surface area contributed by atoms with E-state index in [1.54, 1.807) is 27.7 Å². The van der Waals surface area contributed by atoms with Gasteiger partial charge in [-0.1, -0.05) is 27.7 Å². The van der Waals surface area contributed by atoms with E-state index in [4.69, 9.17) is 91.5 Å². The number of hydrogen-bond donors (Lipinski definition) is 6.